The summed E-state index contributed by atoms with van der Waals surface area (Å²) in [7, 11) is 0. The summed E-state index contributed by atoms with van der Waals surface area (Å²) in [5.74, 6) is 3.53. The van der Waals surface area contributed by atoms with Crippen molar-refractivity contribution in [1.82, 2.24) is 0 Å². The molecule has 230 valence electrons. The summed E-state index contributed by atoms with van der Waals surface area (Å²) in [6.45, 7) is 9.17. The van der Waals surface area contributed by atoms with E-state index in [0.717, 1.165) is 51.2 Å². The van der Waals surface area contributed by atoms with Gasteiger partial charge in [-0.25, -0.2) is 0 Å². The maximum Gasteiger partial charge on any atom is 0.155 e. The van der Waals surface area contributed by atoms with Crippen LogP contribution in [-0.4, -0.2) is 0 Å². The zero-order valence-electron chi connectivity index (χ0n) is 26.7. The number of ether oxygens (including phenoxy) is 2. The van der Waals surface area contributed by atoms with E-state index in [2.05, 4.69) is 160 Å². The van der Waals surface area contributed by atoms with Crippen LogP contribution in [0.25, 0.3) is 0 Å². The summed E-state index contributed by atoms with van der Waals surface area (Å²) >= 11 is 3.67. The van der Waals surface area contributed by atoms with E-state index in [4.69, 9.17) is 9.47 Å². The van der Waals surface area contributed by atoms with Crippen molar-refractivity contribution in [1.29, 1.82) is 0 Å². The Bertz CT molecular complexity index is 2130. The van der Waals surface area contributed by atoms with E-state index >= 15 is 0 Å². The summed E-state index contributed by atoms with van der Waals surface area (Å²) in [5.41, 5.74) is 7.26. The van der Waals surface area contributed by atoms with Crippen molar-refractivity contribution < 1.29 is 9.47 Å². The van der Waals surface area contributed by atoms with Gasteiger partial charge in [-0.1, -0.05) is 130 Å². The SMILES string of the molecule is CC1(C)c2ccccc2Oc2c(N(c3cccc4c3Oc3ccccc3C4(C)C)c3cccc4c3Sc3ccccc3S4)cccc21. The van der Waals surface area contributed by atoms with Crippen LogP contribution in [0.5, 0.6) is 23.0 Å². The third-order valence-corrected chi connectivity index (χ3v) is 12.4. The molecule has 0 saturated heterocycles. The van der Waals surface area contributed by atoms with Gasteiger partial charge in [0.1, 0.15) is 11.5 Å². The van der Waals surface area contributed by atoms with Gasteiger partial charge in [-0.3, -0.25) is 0 Å². The van der Waals surface area contributed by atoms with Crippen molar-refractivity contribution in [3.63, 3.8) is 0 Å². The van der Waals surface area contributed by atoms with Gasteiger partial charge in [0.05, 0.1) is 22.0 Å². The zero-order chi connectivity index (χ0) is 31.9. The Balaban J connectivity index is 1.32. The first-order valence-electron chi connectivity index (χ1n) is 16.0. The molecule has 0 aliphatic carbocycles. The molecule has 0 fully saturated rings. The van der Waals surface area contributed by atoms with Gasteiger partial charge in [-0.05, 0) is 48.5 Å². The molecule has 0 N–H and O–H groups in total. The first-order chi connectivity index (χ1) is 22.8. The van der Waals surface area contributed by atoms with E-state index in [-0.39, 0.29) is 10.8 Å². The minimum absolute atomic E-state index is 0.251. The molecule has 9 rings (SSSR count). The van der Waals surface area contributed by atoms with E-state index in [9.17, 15) is 0 Å². The standard InChI is InChI=1S/C42H33NO2S2/c1-41(2)26-14-5-7-21-33(26)44-38-28(41)16-11-18-30(38)43(32-20-13-25-37-40(32)47-36-24-10-9-23-35(36)46-37)31-19-12-17-29-39(31)45-34-22-8-6-15-27(34)42(29,3)4/h5-25H,1-4H3. The largest absolute Gasteiger partial charge is 0.455 e. The van der Waals surface area contributed by atoms with Crippen LogP contribution in [0.15, 0.2) is 147 Å². The van der Waals surface area contributed by atoms with Crippen molar-refractivity contribution in [3.05, 3.63) is 150 Å². The quantitative estimate of drug-likeness (QED) is 0.190. The molecule has 3 heterocycles. The van der Waals surface area contributed by atoms with Crippen LogP contribution in [0.1, 0.15) is 49.9 Å². The Morgan fingerprint density at radius 3 is 1.43 bits per heavy atom. The number of nitrogens with zero attached hydrogens (tertiary/aromatic N) is 1. The van der Waals surface area contributed by atoms with Crippen LogP contribution >= 0.6 is 23.5 Å². The van der Waals surface area contributed by atoms with Crippen molar-refractivity contribution in [2.24, 2.45) is 0 Å². The summed E-state index contributed by atoms with van der Waals surface area (Å²) in [4.78, 5) is 7.39. The smallest absolute Gasteiger partial charge is 0.155 e. The molecular formula is C42H33NO2S2. The molecule has 0 spiro atoms. The highest BCUT2D eigenvalue weighted by atomic mass is 32.2. The molecule has 0 unspecified atom stereocenters. The van der Waals surface area contributed by atoms with Crippen molar-refractivity contribution in [2.45, 2.75) is 58.1 Å². The van der Waals surface area contributed by atoms with Gasteiger partial charge in [0.15, 0.2) is 11.5 Å². The molecular weight excluding hydrogens is 615 g/mol. The minimum atomic E-state index is -0.251. The average molecular weight is 648 g/mol. The Hall–Kier alpha value is -4.58. The first kappa shape index (κ1) is 28.6. The molecule has 3 aliphatic rings. The number of benzene rings is 6. The lowest BCUT2D eigenvalue weighted by Crippen LogP contribution is -2.27. The normalized spacial score (nSPS) is 15.7. The van der Waals surface area contributed by atoms with E-state index in [0.29, 0.717) is 0 Å². The highest BCUT2D eigenvalue weighted by Crippen LogP contribution is 2.60. The second-order valence-electron chi connectivity index (χ2n) is 13.3. The number of fused-ring (bicyclic) bond motifs is 6. The van der Waals surface area contributed by atoms with Crippen molar-refractivity contribution >= 4 is 40.6 Å². The van der Waals surface area contributed by atoms with Gasteiger partial charge >= 0.3 is 0 Å². The van der Waals surface area contributed by atoms with Crippen LogP contribution in [-0.2, 0) is 10.8 Å². The summed E-state index contributed by atoms with van der Waals surface area (Å²) in [6, 6.07) is 45.3. The fourth-order valence-electron chi connectivity index (χ4n) is 7.35. The lowest BCUT2D eigenvalue weighted by Gasteiger charge is -2.40. The summed E-state index contributed by atoms with van der Waals surface area (Å²) in [5, 5.41) is 0. The first-order valence-corrected chi connectivity index (χ1v) is 17.7. The highest BCUT2D eigenvalue weighted by molar-refractivity contribution is 8.05. The number of rotatable bonds is 3. The van der Waals surface area contributed by atoms with E-state index in [1.807, 2.05) is 23.5 Å². The van der Waals surface area contributed by atoms with Gasteiger partial charge in [0.2, 0.25) is 0 Å². The van der Waals surface area contributed by atoms with Gasteiger partial charge in [0, 0.05) is 47.8 Å². The van der Waals surface area contributed by atoms with Crippen molar-refractivity contribution in [3.8, 4) is 23.0 Å². The van der Waals surface area contributed by atoms with E-state index in [1.54, 1.807) is 0 Å². The number of hydrogen-bond acceptors (Lipinski definition) is 5. The molecule has 0 radical (unpaired) electrons. The Labute approximate surface area is 284 Å². The molecule has 0 amide bonds. The fraction of sp³-hybridized carbons (Fsp3) is 0.143. The summed E-state index contributed by atoms with van der Waals surface area (Å²) < 4.78 is 13.8. The summed E-state index contributed by atoms with van der Waals surface area (Å²) in [6.07, 6.45) is 0. The molecule has 0 aromatic heterocycles. The third kappa shape index (κ3) is 4.29. The van der Waals surface area contributed by atoms with Gasteiger partial charge < -0.3 is 14.4 Å². The highest BCUT2D eigenvalue weighted by Gasteiger charge is 2.40. The Morgan fingerprint density at radius 2 is 0.851 bits per heavy atom. The van der Waals surface area contributed by atoms with Gasteiger partial charge in [0.25, 0.3) is 0 Å². The van der Waals surface area contributed by atoms with Crippen LogP contribution in [0.3, 0.4) is 0 Å². The van der Waals surface area contributed by atoms with E-state index in [1.165, 1.54) is 30.7 Å². The number of hydrogen-bond donors (Lipinski definition) is 0. The molecule has 3 nitrogen and oxygen atoms in total. The molecule has 5 heteroatoms. The third-order valence-electron chi connectivity index (χ3n) is 9.84. The maximum atomic E-state index is 6.92. The van der Waals surface area contributed by atoms with E-state index < -0.39 is 0 Å². The molecule has 0 saturated carbocycles. The van der Waals surface area contributed by atoms with Gasteiger partial charge in [-0.15, -0.1) is 0 Å². The minimum Gasteiger partial charge on any atom is -0.455 e. The van der Waals surface area contributed by atoms with Crippen LogP contribution in [0.4, 0.5) is 17.1 Å². The second-order valence-corrected chi connectivity index (χ2v) is 15.5. The monoisotopic (exact) mass is 647 g/mol. The molecule has 6 aromatic rings. The molecule has 3 aliphatic heterocycles. The molecule has 6 aromatic carbocycles. The zero-order valence-corrected chi connectivity index (χ0v) is 28.3. The topological polar surface area (TPSA) is 21.7 Å². The maximum absolute atomic E-state index is 6.92. The fourth-order valence-corrected chi connectivity index (χ4v) is 9.72. The lowest BCUT2D eigenvalue weighted by atomic mass is 9.75. The van der Waals surface area contributed by atoms with Crippen LogP contribution in [0, 0.1) is 0 Å². The Kier molecular flexibility index (Phi) is 6.37. The Morgan fingerprint density at radius 1 is 0.426 bits per heavy atom. The lowest BCUT2D eigenvalue weighted by molar-refractivity contribution is 0.416. The van der Waals surface area contributed by atoms with Gasteiger partial charge in [-0.2, -0.15) is 0 Å². The molecule has 0 atom stereocenters. The average Bonchev–Trinajstić information content (AvgIpc) is 3.08. The van der Waals surface area contributed by atoms with Crippen molar-refractivity contribution in [2.75, 3.05) is 4.90 Å². The predicted octanol–water partition coefficient (Wildman–Crippen LogP) is 12.6. The van der Waals surface area contributed by atoms with Crippen LogP contribution in [0.2, 0.25) is 0 Å². The second kappa shape index (κ2) is 10.5. The molecule has 47 heavy (non-hydrogen) atoms. The predicted molar refractivity (Wildman–Crippen MR) is 193 cm³/mol. The number of para-hydroxylation sites is 4. The molecule has 0 bridgehead atoms. The van der Waals surface area contributed by atoms with Crippen LogP contribution < -0.4 is 14.4 Å². The number of anilines is 3.